The number of nitrogens with one attached hydrogen (secondary N) is 2. The largest absolute Gasteiger partial charge is 0.368 e. The third-order valence-corrected chi connectivity index (χ3v) is 4.93. The number of hydrogen-bond donors (Lipinski definition) is 3. The first-order valence-corrected chi connectivity index (χ1v) is 10.2. The predicted octanol–water partition coefficient (Wildman–Crippen LogP) is 3.65. The molecule has 26 heavy (non-hydrogen) atoms. The van der Waals surface area contributed by atoms with Crippen LogP contribution in [0, 0.1) is 0 Å². The van der Waals surface area contributed by atoms with Gasteiger partial charge in [-0.3, -0.25) is 0 Å². The highest BCUT2D eigenvalue weighted by Gasteiger charge is 2.13. The van der Waals surface area contributed by atoms with Crippen molar-refractivity contribution < 1.29 is 8.42 Å². The van der Waals surface area contributed by atoms with Crippen LogP contribution >= 0.6 is 23.2 Å². The summed E-state index contributed by atoms with van der Waals surface area (Å²) in [5.74, 6) is 0.472. The molecule has 0 atom stereocenters. The lowest BCUT2D eigenvalue weighted by molar-refractivity contribution is 0.601. The number of H-pyrrole nitrogens is 1. The van der Waals surface area contributed by atoms with Gasteiger partial charge in [-0.05, 0) is 23.3 Å². The van der Waals surface area contributed by atoms with Gasteiger partial charge in [0.25, 0.3) is 0 Å². The van der Waals surface area contributed by atoms with E-state index in [1.165, 1.54) is 6.26 Å². The molecule has 0 unspecified atom stereocenters. The minimum atomic E-state index is -3.09. The molecule has 2 aromatic carbocycles. The van der Waals surface area contributed by atoms with Crippen LogP contribution in [0.3, 0.4) is 0 Å². The Balaban J connectivity index is 1.88. The average Bonchev–Trinajstić information content (AvgIpc) is 2.92. The summed E-state index contributed by atoms with van der Waals surface area (Å²) in [6.07, 6.45) is 1.20. The zero-order valence-corrected chi connectivity index (χ0v) is 16.0. The first kappa shape index (κ1) is 18.5. The molecule has 10 heteroatoms. The van der Waals surface area contributed by atoms with Gasteiger partial charge in [0.2, 0.25) is 11.9 Å². The molecule has 0 bridgehead atoms. The number of aromatic nitrogens is 3. The van der Waals surface area contributed by atoms with Gasteiger partial charge in [0.05, 0.1) is 15.8 Å². The molecule has 3 aromatic rings. The second-order valence-corrected chi connectivity index (χ2v) is 8.71. The molecular weight excluding hydrogens is 397 g/mol. The standard InChI is InChI=1S/C16H15Cl2N5O2S/c1-26(24,25)8-9-2-4-10(5-3-9)14-12(17)6-11(7-13(14)18)20-16-21-15(19)22-23-16/h2-7H,8H2,1H3,(H4,19,20,21,22,23). The van der Waals surface area contributed by atoms with Crippen LogP contribution in [0.15, 0.2) is 36.4 Å². The third-order valence-electron chi connectivity index (χ3n) is 3.47. The molecule has 136 valence electrons. The summed E-state index contributed by atoms with van der Waals surface area (Å²) in [6.45, 7) is 0. The fourth-order valence-corrected chi connectivity index (χ4v) is 3.95. The molecule has 3 rings (SSSR count). The molecule has 0 radical (unpaired) electrons. The number of nitrogens with zero attached hydrogens (tertiary/aromatic N) is 2. The fraction of sp³-hybridized carbons (Fsp3) is 0.125. The Labute approximate surface area is 160 Å². The number of hydrogen-bond acceptors (Lipinski definition) is 6. The van der Waals surface area contributed by atoms with Crippen LogP contribution in [0.5, 0.6) is 0 Å². The third kappa shape index (κ3) is 4.46. The second-order valence-electron chi connectivity index (χ2n) is 5.75. The van der Waals surface area contributed by atoms with Gasteiger partial charge in [0.1, 0.15) is 0 Å². The van der Waals surface area contributed by atoms with Crippen molar-refractivity contribution in [2.45, 2.75) is 5.75 Å². The van der Waals surface area contributed by atoms with Crippen molar-refractivity contribution in [3.8, 4) is 11.1 Å². The van der Waals surface area contributed by atoms with Crippen LogP contribution in [-0.2, 0) is 15.6 Å². The van der Waals surface area contributed by atoms with E-state index < -0.39 is 9.84 Å². The molecule has 1 aromatic heterocycles. The minimum absolute atomic E-state index is 0.0165. The van der Waals surface area contributed by atoms with Crippen molar-refractivity contribution in [2.75, 3.05) is 17.3 Å². The highest BCUT2D eigenvalue weighted by atomic mass is 35.5. The number of sulfone groups is 1. The van der Waals surface area contributed by atoms with E-state index in [4.69, 9.17) is 28.9 Å². The summed E-state index contributed by atoms with van der Waals surface area (Å²) < 4.78 is 22.8. The van der Waals surface area contributed by atoms with E-state index in [2.05, 4.69) is 20.5 Å². The molecular formula is C16H15Cl2N5O2S. The Morgan fingerprint density at radius 2 is 1.77 bits per heavy atom. The van der Waals surface area contributed by atoms with E-state index in [0.29, 0.717) is 32.8 Å². The molecule has 0 amide bonds. The average molecular weight is 412 g/mol. The molecule has 7 nitrogen and oxygen atoms in total. The first-order chi connectivity index (χ1) is 12.2. The number of anilines is 3. The van der Waals surface area contributed by atoms with Crippen molar-refractivity contribution in [1.29, 1.82) is 0 Å². The first-order valence-electron chi connectivity index (χ1n) is 7.42. The number of halogens is 2. The number of benzene rings is 2. The van der Waals surface area contributed by atoms with Crippen LogP contribution in [-0.4, -0.2) is 29.9 Å². The van der Waals surface area contributed by atoms with Gasteiger partial charge >= 0.3 is 0 Å². The Hall–Kier alpha value is -2.29. The molecule has 4 N–H and O–H groups in total. The van der Waals surface area contributed by atoms with E-state index in [1.54, 1.807) is 36.4 Å². The maximum absolute atomic E-state index is 11.4. The van der Waals surface area contributed by atoms with Crippen molar-refractivity contribution in [1.82, 2.24) is 15.2 Å². The Morgan fingerprint density at radius 3 is 2.27 bits per heavy atom. The van der Waals surface area contributed by atoms with Crippen LogP contribution in [0.1, 0.15) is 5.56 Å². The van der Waals surface area contributed by atoms with Gasteiger partial charge in [0, 0.05) is 17.5 Å². The van der Waals surface area contributed by atoms with Crippen LogP contribution in [0.4, 0.5) is 17.6 Å². The minimum Gasteiger partial charge on any atom is -0.368 e. The quantitative estimate of drug-likeness (QED) is 0.590. The van der Waals surface area contributed by atoms with Gasteiger partial charge in [-0.15, -0.1) is 5.10 Å². The SMILES string of the molecule is CS(=O)(=O)Cc1ccc(-c2c(Cl)cc(Nc3n[nH]c(N)n3)cc2Cl)cc1. The second kappa shape index (κ2) is 7.14. The predicted molar refractivity (Wildman–Crippen MR) is 105 cm³/mol. The molecule has 0 aliphatic rings. The zero-order valence-electron chi connectivity index (χ0n) is 13.6. The number of aromatic amines is 1. The fourth-order valence-electron chi connectivity index (χ4n) is 2.45. The topological polar surface area (TPSA) is 114 Å². The van der Waals surface area contributed by atoms with Crippen molar-refractivity contribution in [3.63, 3.8) is 0 Å². The maximum Gasteiger partial charge on any atom is 0.248 e. The Kier molecular flexibility index (Phi) is 5.08. The van der Waals surface area contributed by atoms with Crippen molar-refractivity contribution in [2.24, 2.45) is 0 Å². The van der Waals surface area contributed by atoms with E-state index in [0.717, 1.165) is 5.56 Å². The summed E-state index contributed by atoms with van der Waals surface area (Å²) in [6, 6.07) is 10.4. The maximum atomic E-state index is 11.4. The molecule has 0 spiro atoms. The molecule has 0 aliphatic carbocycles. The lowest BCUT2D eigenvalue weighted by Crippen LogP contribution is -2.00. The van der Waals surface area contributed by atoms with Crippen molar-refractivity contribution >= 4 is 50.6 Å². The van der Waals surface area contributed by atoms with Crippen LogP contribution in [0.25, 0.3) is 11.1 Å². The van der Waals surface area contributed by atoms with Gasteiger partial charge < -0.3 is 11.1 Å². The van der Waals surface area contributed by atoms with Gasteiger partial charge in [-0.1, -0.05) is 47.5 Å². The Morgan fingerprint density at radius 1 is 1.15 bits per heavy atom. The Bertz CT molecular complexity index is 1030. The lowest BCUT2D eigenvalue weighted by atomic mass is 10.0. The highest BCUT2D eigenvalue weighted by Crippen LogP contribution is 2.38. The smallest absolute Gasteiger partial charge is 0.248 e. The van der Waals surface area contributed by atoms with E-state index in [-0.39, 0.29) is 11.7 Å². The molecule has 0 aliphatic heterocycles. The number of nitrogen functional groups attached to an aromatic ring is 1. The van der Waals surface area contributed by atoms with Gasteiger partial charge in [-0.2, -0.15) is 4.98 Å². The van der Waals surface area contributed by atoms with E-state index in [9.17, 15) is 8.42 Å². The normalized spacial score (nSPS) is 11.5. The zero-order chi connectivity index (χ0) is 18.9. The number of rotatable bonds is 5. The summed E-state index contributed by atoms with van der Waals surface area (Å²) >= 11 is 12.8. The molecule has 0 saturated carbocycles. The summed E-state index contributed by atoms with van der Waals surface area (Å²) in [5, 5.41) is 10.2. The van der Waals surface area contributed by atoms with Gasteiger partial charge in [0.15, 0.2) is 9.84 Å². The molecule has 1 heterocycles. The van der Waals surface area contributed by atoms with E-state index in [1.807, 2.05) is 0 Å². The van der Waals surface area contributed by atoms with Gasteiger partial charge in [-0.25, -0.2) is 13.5 Å². The molecule has 0 fully saturated rings. The lowest BCUT2D eigenvalue weighted by Gasteiger charge is -2.11. The summed E-state index contributed by atoms with van der Waals surface area (Å²) in [7, 11) is -3.09. The number of nitrogens with two attached hydrogens (primary N) is 1. The van der Waals surface area contributed by atoms with Crippen molar-refractivity contribution in [3.05, 3.63) is 52.0 Å². The van der Waals surface area contributed by atoms with Crippen LogP contribution in [0.2, 0.25) is 10.0 Å². The summed E-state index contributed by atoms with van der Waals surface area (Å²) in [4.78, 5) is 3.95. The molecule has 0 saturated heterocycles. The monoisotopic (exact) mass is 411 g/mol. The summed E-state index contributed by atoms with van der Waals surface area (Å²) in [5.41, 5.74) is 8.23. The van der Waals surface area contributed by atoms with E-state index >= 15 is 0 Å². The highest BCUT2D eigenvalue weighted by molar-refractivity contribution is 7.89. The van der Waals surface area contributed by atoms with Crippen LogP contribution < -0.4 is 11.1 Å².